The highest BCUT2D eigenvalue weighted by Gasteiger charge is 2.18. The third kappa shape index (κ3) is 4.59. The summed E-state index contributed by atoms with van der Waals surface area (Å²) in [5.74, 6) is -0.252. The van der Waals surface area contributed by atoms with Crippen LogP contribution in [0.5, 0.6) is 5.75 Å². The van der Waals surface area contributed by atoms with Gasteiger partial charge in [-0.3, -0.25) is 4.79 Å². The zero-order valence-corrected chi connectivity index (χ0v) is 17.2. The van der Waals surface area contributed by atoms with E-state index in [4.69, 9.17) is 4.74 Å². The lowest BCUT2D eigenvalue weighted by Gasteiger charge is -2.25. The van der Waals surface area contributed by atoms with Gasteiger partial charge in [-0.2, -0.15) is 0 Å². The van der Waals surface area contributed by atoms with Crippen LogP contribution in [0.2, 0.25) is 0 Å². The highest BCUT2D eigenvalue weighted by molar-refractivity contribution is 6.03. The predicted molar refractivity (Wildman–Crippen MR) is 113 cm³/mol. The minimum Gasteiger partial charge on any atom is -0.491 e. The van der Waals surface area contributed by atoms with Gasteiger partial charge in [0.05, 0.1) is 18.8 Å². The van der Waals surface area contributed by atoms with Crippen LogP contribution in [0.25, 0.3) is 5.65 Å². The van der Waals surface area contributed by atoms with Crippen molar-refractivity contribution >= 4 is 17.2 Å². The minimum absolute atomic E-state index is 0.129. The van der Waals surface area contributed by atoms with Crippen LogP contribution in [0, 0.1) is 0 Å². The number of hydrogen-bond donors (Lipinski definition) is 2. The van der Waals surface area contributed by atoms with Crippen LogP contribution in [-0.2, 0) is 6.54 Å². The highest BCUT2D eigenvalue weighted by Crippen LogP contribution is 2.27. The average molecular weight is 441 g/mol. The number of pyridine rings is 2. The van der Waals surface area contributed by atoms with Gasteiger partial charge in [-0.25, -0.2) is 18.7 Å². The number of imidazole rings is 1. The summed E-state index contributed by atoms with van der Waals surface area (Å²) in [5.41, 5.74) is 1.03. The molecule has 3 aromatic heterocycles. The number of halogens is 2. The summed E-state index contributed by atoms with van der Waals surface area (Å²) in [4.78, 5) is 22.6. The minimum atomic E-state index is -2.77. The van der Waals surface area contributed by atoms with Gasteiger partial charge >= 0.3 is 0 Å². The monoisotopic (exact) mass is 441 g/mol. The fourth-order valence-corrected chi connectivity index (χ4v) is 3.25. The van der Waals surface area contributed by atoms with Crippen LogP contribution in [0.1, 0.15) is 35.2 Å². The number of anilines is 1. The molecule has 0 radical (unpaired) electrons. The van der Waals surface area contributed by atoms with Gasteiger partial charge in [0.2, 0.25) is 0 Å². The van der Waals surface area contributed by atoms with Crippen molar-refractivity contribution in [3.8, 4) is 5.75 Å². The van der Waals surface area contributed by atoms with E-state index in [1.54, 1.807) is 53.0 Å². The summed E-state index contributed by atoms with van der Waals surface area (Å²) >= 11 is 0. The van der Waals surface area contributed by atoms with E-state index in [1.165, 1.54) is 12.1 Å². The normalized spacial score (nSPS) is 15.5. The van der Waals surface area contributed by atoms with Gasteiger partial charge < -0.3 is 24.5 Å². The summed E-state index contributed by atoms with van der Waals surface area (Å²) in [6.07, 6.45) is 6.91. The first kappa shape index (κ1) is 21.4. The Bertz CT molecular complexity index is 1190. The molecule has 0 aromatic carbocycles. The highest BCUT2D eigenvalue weighted by atomic mass is 19.3. The third-order valence-corrected chi connectivity index (χ3v) is 4.74. The number of allylic oxidation sites excluding steroid dienone is 2. The molecule has 4 rings (SSSR count). The molecule has 1 atom stereocenters. The molecule has 1 unspecified atom stereocenters. The van der Waals surface area contributed by atoms with Gasteiger partial charge in [0, 0.05) is 24.7 Å². The maximum atomic E-state index is 12.9. The molecule has 10 heteroatoms. The molecule has 0 spiro atoms. The van der Waals surface area contributed by atoms with Gasteiger partial charge in [-0.05, 0) is 31.2 Å². The molecule has 2 N–H and O–H groups in total. The molecule has 166 valence electrons. The van der Waals surface area contributed by atoms with Crippen LogP contribution < -0.4 is 10.1 Å². The average Bonchev–Trinajstić information content (AvgIpc) is 3.17. The maximum Gasteiger partial charge on any atom is 0.280 e. The fourth-order valence-electron chi connectivity index (χ4n) is 3.25. The number of amides is 1. The Kier molecular flexibility index (Phi) is 6.13. The van der Waals surface area contributed by atoms with E-state index in [-0.39, 0.29) is 5.69 Å². The summed E-state index contributed by atoms with van der Waals surface area (Å²) in [7, 11) is 0. The third-order valence-electron chi connectivity index (χ3n) is 4.74. The SMILES string of the molecule is CCOc1cc2nc(CN3C=CC=CC3O)cn2cc1NC(=O)c1cccc(C(F)F)n1. The zero-order valence-electron chi connectivity index (χ0n) is 17.2. The molecule has 0 aliphatic carbocycles. The maximum absolute atomic E-state index is 12.9. The fraction of sp³-hybridized carbons (Fsp3) is 0.227. The van der Waals surface area contributed by atoms with Crippen LogP contribution >= 0.6 is 0 Å². The van der Waals surface area contributed by atoms with Crippen molar-refractivity contribution in [1.82, 2.24) is 19.3 Å². The van der Waals surface area contributed by atoms with Crippen LogP contribution in [-0.4, -0.2) is 43.1 Å². The second-order valence-electron chi connectivity index (χ2n) is 7.00. The summed E-state index contributed by atoms with van der Waals surface area (Å²) in [6.45, 7) is 2.53. The second kappa shape index (κ2) is 9.15. The largest absolute Gasteiger partial charge is 0.491 e. The number of carbonyl (C=O) groups is 1. The summed E-state index contributed by atoms with van der Waals surface area (Å²) in [6, 6.07) is 5.56. The molecule has 0 bridgehead atoms. The zero-order chi connectivity index (χ0) is 22.7. The summed E-state index contributed by atoms with van der Waals surface area (Å²) in [5, 5.41) is 12.7. The molecule has 0 saturated carbocycles. The first-order valence-corrected chi connectivity index (χ1v) is 9.94. The van der Waals surface area contributed by atoms with E-state index >= 15 is 0 Å². The van der Waals surface area contributed by atoms with Crippen molar-refractivity contribution in [1.29, 1.82) is 0 Å². The lowest BCUT2D eigenvalue weighted by Crippen LogP contribution is -2.29. The summed E-state index contributed by atoms with van der Waals surface area (Å²) < 4.78 is 33.2. The van der Waals surface area contributed by atoms with Crippen LogP contribution in [0.3, 0.4) is 0 Å². The predicted octanol–water partition coefficient (Wildman–Crippen LogP) is 3.52. The topological polar surface area (TPSA) is 92.0 Å². The number of carbonyl (C=O) groups excluding carboxylic acids is 1. The number of aliphatic hydroxyl groups is 1. The van der Waals surface area contributed by atoms with Crippen LogP contribution in [0.4, 0.5) is 14.5 Å². The number of nitrogens with one attached hydrogen (secondary N) is 1. The quantitative estimate of drug-likeness (QED) is 0.583. The molecule has 8 nitrogen and oxygen atoms in total. The van der Waals surface area contributed by atoms with E-state index in [0.717, 1.165) is 6.07 Å². The van der Waals surface area contributed by atoms with E-state index < -0.39 is 24.3 Å². The Hall–Kier alpha value is -3.79. The molecule has 32 heavy (non-hydrogen) atoms. The number of aliphatic hydroxyl groups excluding tert-OH is 1. The van der Waals surface area contributed by atoms with E-state index in [2.05, 4.69) is 15.3 Å². The number of fused-ring (bicyclic) bond motifs is 1. The second-order valence-corrected chi connectivity index (χ2v) is 7.00. The molecular weight excluding hydrogens is 420 g/mol. The number of nitrogens with zero attached hydrogens (tertiary/aromatic N) is 4. The van der Waals surface area contributed by atoms with Crippen molar-refractivity contribution in [2.45, 2.75) is 26.1 Å². The Morgan fingerprint density at radius 1 is 1.28 bits per heavy atom. The lowest BCUT2D eigenvalue weighted by atomic mass is 10.2. The lowest BCUT2D eigenvalue weighted by molar-refractivity contribution is 0.0715. The van der Waals surface area contributed by atoms with Gasteiger partial charge in [0.15, 0.2) is 0 Å². The Morgan fingerprint density at radius 2 is 2.12 bits per heavy atom. The van der Waals surface area contributed by atoms with E-state index in [9.17, 15) is 18.7 Å². The molecular formula is C22H21F2N5O3. The molecule has 1 amide bonds. The van der Waals surface area contributed by atoms with Gasteiger partial charge in [-0.1, -0.05) is 12.1 Å². The molecule has 4 heterocycles. The van der Waals surface area contributed by atoms with Gasteiger partial charge in [-0.15, -0.1) is 0 Å². The smallest absolute Gasteiger partial charge is 0.280 e. The number of aromatic nitrogens is 3. The Balaban J connectivity index is 1.61. The van der Waals surface area contributed by atoms with Crippen molar-refractivity contribution in [2.24, 2.45) is 0 Å². The van der Waals surface area contributed by atoms with Crippen molar-refractivity contribution in [3.63, 3.8) is 0 Å². The van der Waals surface area contributed by atoms with E-state index in [0.29, 0.717) is 35.9 Å². The van der Waals surface area contributed by atoms with Crippen molar-refractivity contribution < 1.29 is 23.4 Å². The van der Waals surface area contributed by atoms with Crippen molar-refractivity contribution in [2.75, 3.05) is 11.9 Å². The van der Waals surface area contributed by atoms with Gasteiger partial charge in [0.25, 0.3) is 12.3 Å². The van der Waals surface area contributed by atoms with Gasteiger partial charge in [0.1, 0.15) is 34.7 Å². The number of hydrogen-bond acceptors (Lipinski definition) is 6. The first-order chi connectivity index (χ1) is 15.4. The number of rotatable bonds is 7. The Labute approximate surface area is 182 Å². The molecule has 1 aliphatic rings. The van der Waals surface area contributed by atoms with Crippen molar-refractivity contribution in [3.05, 3.63) is 78.2 Å². The standard InChI is InChI=1S/C22H21F2N5O3/c1-2-32-18-10-19-25-14(11-28-9-4-3-8-20(28)30)12-29(19)13-17(18)27-22(31)16-7-5-6-15(26-16)21(23)24/h3-10,12-13,20-21,30H,2,11H2,1H3,(H,27,31). The van der Waals surface area contributed by atoms with Crippen LogP contribution in [0.15, 0.2) is 61.1 Å². The molecule has 3 aromatic rings. The molecule has 1 aliphatic heterocycles. The van der Waals surface area contributed by atoms with E-state index in [1.807, 2.05) is 6.08 Å². The molecule has 0 fully saturated rings. The number of alkyl halides is 2. The molecule has 0 saturated heterocycles. The Morgan fingerprint density at radius 3 is 2.88 bits per heavy atom. The number of ether oxygens (including phenoxy) is 1. The first-order valence-electron chi connectivity index (χ1n) is 9.94.